The van der Waals surface area contributed by atoms with Crippen molar-refractivity contribution in [2.75, 3.05) is 6.61 Å². The Morgan fingerprint density at radius 1 is 1.24 bits per heavy atom. The third kappa shape index (κ3) is 3.51. The first-order chi connectivity index (χ1) is 11.5. The van der Waals surface area contributed by atoms with Gasteiger partial charge < -0.3 is 20.4 Å². The summed E-state index contributed by atoms with van der Waals surface area (Å²) >= 11 is 0. The molecule has 6 atom stereocenters. The topological polar surface area (TPSA) is 98.0 Å². The van der Waals surface area contributed by atoms with Crippen LogP contribution in [0.2, 0.25) is 0 Å². The maximum Gasteiger partial charge on any atom is 0.309 e. The predicted octanol–water partition coefficient (Wildman–Crippen LogP) is 2.73. The summed E-state index contributed by atoms with van der Waals surface area (Å²) in [6.07, 6.45) is 4.00. The SMILES string of the molecule is C=C(CC[C@@H]1[C@@]2(C)CCC[C@](C)(C(=O)O)[C@@H]2CC[C@@]1(C)O)[C@H](O)CO. The van der Waals surface area contributed by atoms with Crippen LogP contribution >= 0.6 is 0 Å². The van der Waals surface area contributed by atoms with Gasteiger partial charge in [-0.15, -0.1) is 0 Å². The normalized spacial score (nSPS) is 42.5. The van der Waals surface area contributed by atoms with Gasteiger partial charge in [-0.3, -0.25) is 4.79 Å². The molecule has 4 N–H and O–H groups in total. The first kappa shape index (κ1) is 20.4. The zero-order valence-electron chi connectivity index (χ0n) is 15.8. The number of aliphatic hydroxyl groups excluding tert-OH is 2. The van der Waals surface area contributed by atoms with Crippen LogP contribution in [0.15, 0.2) is 12.2 Å². The molecule has 5 nitrogen and oxygen atoms in total. The first-order valence-electron chi connectivity index (χ1n) is 9.41. The molecular formula is C20H34O5. The largest absolute Gasteiger partial charge is 0.481 e. The Labute approximate surface area is 150 Å². The quantitative estimate of drug-likeness (QED) is 0.550. The molecule has 0 radical (unpaired) electrons. The lowest BCUT2D eigenvalue weighted by Crippen LogP contribution is -2.59. The summed E-state index contributed by atoms with van der Waals surface area (Å²) in [5, 5.41) is 39.8. The van der Waals surface area contributed by atoms with Gasteiger partial charge in [-0.25, -0.2) is 0 Å². The van der Waals surface area contributed by atoms with Crippen LogP contribution in [0.5, 0.6) is 0 Å². The maximum atomic E-state index is 12.0. The van der Waals surface area contributed by atoms with Crippen molar-refractivity contribution in [3.63, 3.8) is 0 Å². The molecule has 0 bridgehead atoms. The summed E-state index contributed by atoms with van der Waals surface area (Å²) in [5.74, 6) is -0.753. The zero-order valence-corrected chi connectivity index (χ0v) is 15.8. The number of hydrogen-bond donors (Lipinski definition) is 4. The van der Waals surface area contributed by atoms with E-state index in [9.17, 15) is 20.1 Å². The third-order valence-electron chi connectivity index (χ3n) is 7.35. The molecule has 2 saturated carbocycles. The van der Waals surface area contributed by atoms with Crippen molar-refractivity contribution in [2.45, 2.75) is 77.4 Å². The predicted molar refractivity (Wildman–Crippen MR) is 96.0 cm³/mol. The molecule has 0 unspecified atom stereocenters. The van der Waals surface area contributed by atoms with Gasteiger partial charge in [0.15, 0.2) is 0 Å². The monoisotopic (exact) mass is 354 g/mol. The van der Waals surface area contributed by atoms with Crippen molar-refractivity contribution in [1.29, 1.82) is 0 Å². The van der Waals surface area contributed by atoms with E-state index in [1.165, 1.54) is 0 Å². The van der Waals surface area contributed by atoms with E-state index in [1.807, 2.05) is 13.8 Å². The highest BCUT2D eigenvalue weighted by atomic mass is 16.4. The fraction of sp³-hybridized carbons (Fsp3) is 0.850. The molecule has 0 aromatic heterocycles. The van der Waals surface area contributed by atoms with Crippen LogP contribution in [-0.2, 0) is 4.79 Å². The summed E-state index contributed by atoms with van der Waals surface area (Å²) in [6.45, 7) is 9.37. The van der Waals surface area contributed by atoms with Gasteiger partial charge in [-0.05, 0) is 75.2 Å². The number of aliphatic hydroxyl groups is 3. The van der Waals surface area contributed by atoms with E-state index in [1.54, 1.807) is 0 Å². The molecule has 0 spiro atoms. The fourth-order valence-electron chi connectivity index (χ4n) is 5.82. The molecule has 25 heavy (non-hydrogen) atoms. The number of hydrogen-bond acceptors (Lipinski definition) is 4. The summed E-state index contributed by atoms with van der Waals surface area (Å²) in [5.41, 5.74) is -1.28. The van der Waals surface area contributed by atoms with Crippen molar-refractivity contribution >= 4 is 5.97 Å². The summed E-state index contributed by atoms with van der Waals surface area (Å²) in [4.78, 5) is 12.0. The van der Waals surface area contributed by atoms with Crippen LogP contribution < -0.4 is 0 Å². The molecule has 2 aliphatic carbocycles. The van der Waals surface area contributed by atoms with Crippen molar-refractivity contribution in [2.24, 2.45) is 22.7 Å². The van der Waals surface area contributed by atoms with Gasteiger partial charge in [0.05, 0.1) is 23.7 Å². The highest BCUT2D eigenvalue weighted by Gasteiger charge is 2.61. The molecule has 0 amide bonds. The molecular weight excluding hydrogens is 320 g/mol. The summed E-state index contributed by atoms with van der Waals surface area (Å²) < 4.78 is 0. The fourth-order valence-corrected chi connectivity index (χ4v) is 5.82. The van der Waals surface area contributed by atoms with Crippen LogP contribution in [0.1, 0.15) is 65.7 Å². The van der Waals surface area contributed by atoms with E-state index in [0.717, 1.165) is 19.3 Å². The number of fused-ring (bicyclic) bond motifs is 1. The third-order valence-corrected chi connectivity index (χ3v) is 7.35. The van der Waals surface area contributed by atoms with Gasteiger partial charge in [0.1, 0.15) is 0 Å². The molecule has 5 heteroatoms. The van der Waals surface area contributed by atoms with Crippen LogP contribution in [0.25, 0.3) is 0 Å². The van der Waals surface area contributed by atoms with Crippen LogP contribution in [0, 0.1) is 22.7 Å². The molecule has 0 heterocycles. The molecule has 2 rings (SSSR count). The lowest BCUT2D eigenvalue weighted by Gasteiger charge is -2.60. The number of rotatable bonds is 6. The second-order valence-electron chi connectivity index (χ2n) is 8.98. The molecule has 0 aromatic rings. The van der Waals surface area contributed by atoms with E-state index >= 15 is 0 Å². The Morgan fingerprint density at radius 2 is 1.88 bits per heavy atom. The number of carbonyl (C=O) groups is 1. The standard InChI is InChI=1S/C20H34O5/c1-13(14(22)12-21)6-7-16-18(2)9-5-10-19(3,17(23)24)15(18)8-11-20(16,4)25/h14-16,21-22,25H,1,5-12H2,2-4H3,(H,23,24)/t14-,15-,16-,18+,19+,20-/m1/s1. The highest BCUT2D eigenvalue weighted by Crippen LogP contribution is 2.63. The Kier molecular flexibility index (Phi) is 5.72. The Morgan fingerprint density at radius 3 is 2.44 bits per heavy atom. The molecule has 2 fully saturated rings. The Balaban J connectivity index is 2.29. The number of carboxylic acids is 1. The minimum Gasteiger partial charge on any atom is -0.481 e. The van der Waals surface area contributed by atoms with Gasteiger partial charge in [0, 0.05) is 0 Å². The number of aliphatic carboxylic acids is 1. The minimum atomic E-state index is -0.937. The van der Waals surface area contributed by atoms with Gasteiger partial charge in [-0.2, -0.15) is 0 Å². The van der Waals surface area contributed by atoms with E-state index < -0.39 is 23.1 Å². The van der Waals surface area contributed by atoms with E-state index in [4.69, 9.17) is 5.11 Å². The number of carboxylic acid groups (broad SMARTS) is 1. The van der Waals surface area contributed by atoms with E-state index in [-0.39, 0.29) is 23.9 Å². The second-order valence-corrected chi connectivity index (χ2v) is 8.98. The lowest BCUT2D eigenvalue weighted by atomic mass is 9.44. The highest BCUT2D eigenvalue weighted by molar-refractivity contribution is 5.75. The van der Waals surface area contributed by atoms with Crippen molar-refractivity contribution < 1.29 is 25.2 Å². The average Bonchev–Trinajstić information content (AvgIpc) is 2.52. The van der Waals surface area contributed by atoms with E-state index in [2.05, 4.69) is 13.5 Å². The smallest absolute Gasteiger partial charge is 0.309 e. The second kappa shape index (κ2) is 7.01. The zero-order chi connectivity index (χ0) is 19.0. The summed E-state index contributed by atoms with van der Waals surface area (Å²) in [6, 6.07) is 0. The van der Waals surface area contributed by atoms with Crippen LogP contribution in [0.4, 0.5) is 0 Å². The van der Waals surface area contributed by atoms with Crippen molar-refractivity contribution in [1.82, 2.24) is 0 Å². The lowest BCUT2D eigenvalue weighted by molar-refractivity contribution is -0.190. The first-order valence-corrected chi connectivity index (χ1v) is 9.41. The van der Waals surface area contributed by atoms with Gasteiger partial charge in [0.2, 0.25) is 0 Å². The van der Waals surface area contributed by atoms with Gasteiger partial charge in [0.25, 0.3) is 0 Å². The van der Waals surface area contributed by atoms with Gasteiger partial charge in [-0.1, -0.05) is 19.9 Å². The van der Waals surface area contributed by atoms with E-state index in [0.29, 0.717) is 31.3 Å². The maximum absolute atomic E-state index is 12.0. The molecule has 0 aromatic carbocycles. The molecule has 144 valence electrons. The van der Waals surface area contributed by atoms with Crippen LogP contribution in [0.3, 0.4) is 0 Å². The molecule has 0 saturated heterocycles. The van der Waals surface area contributed by atoms with Crippen LogP contribution in [-0.4, -0.2) is 44.7 Å². The Bertz CT molecular complexity index is 528. The Hall–Kier alpha value is -0.910. The van der Waals surface area contributed by atoms with Crippen molar-refractivity contribution in [3.05, 3.63) is 12.2 Å². The minimum absolute atomic E-state index is 0.0347. The molecule has 2 aliphatic rings. The average molecular weight is 354 g/mol. The van der Waals surface area contributed by atoms with Gasteiger partial charge >= 0.3 is 5.97 Å². The van der Waals surface area contributed by atoms with Crippen molar-refractivity contribution in [3.8, 4) is 0 Å². The summed E-state index contributed by atoms with van der Waals surface area (Å²) in [7, 11) is 0. The molecule has 0 aliphatic heterocycles.